The molecule has 1 heterocycles. The molecule has 1 amide bonds. The number of hydrogen-bond acceptors (Lipinski definition) is 5. The lowest BCUT2D eigenvalue weighted by Crippen LogP contribution is -2.25. The van der Waals surface area contributed by atoms with Gasteiger partial charge in [-0.1, -0.05) is 13.8 Å². The molecule has 0 aliphatic heterocycles. The first-order chi connectivity index (χ1) is 11.1. The lowest BCUT2D eigenvalue weighted by atomic mass is 10.1. The Bertz CT molecular complexity index is 686. The van der Waals surface area contributed by atoms with Gasteiger partial charge in [0.05, 0.1) is 17.2 Å². The maximum atomic E-state index is 11.9. The molecule has 2 rings (SSSR count). The van der Waals surface area contributed by atoms with Crippen LogP contribution in [0, 0.1) is 17.2 Å². The first-order valence-electron chi connectivity index (χ1n) is 7.46. The summed E-state index contributed by atoms with van der Waals surface area (Å²) in [6.07, 6.45) is 3.91. The molecule has 0 aliphatic carbocycles. The van der Waals surface area contributed by atoms with Crippen molar-refractivity contribution in [1.82, 2.24) is 15.3 Å². The molecule has 118 valence electrons. The molecule has 0 unspecified atom stereocenters. The fraction of sp³-hybridized carbons (Fsp3) is 0.294. The van der Waals surface area contributed by atoms with Gasteiger partial charge in [0, 0.05) is 24.6 Å². The highest BCUT2D eigenvalue weighted by Gasteiger charge is 2.07. The highest BCUT2D eigenvalue weighted by Crippen LogP contribution is 2.13. The molecule has 0 radical (unpaired) electrons. The Morgan fingerprint density at radius 1 is 1.22 bits per heavy atom. The van der Waals surface area contributed by atoms with E-state index in [1.807, 2.05) is 0 Å². The van der Waals surface area contributed by atoms with Crippen LogP contribution in [-0.2, 0) is 0 Å². The summed E-state index contributed by atoms with van der Waals surface area (Å²) in [6, 6.07) is 9.02. The minimum atomic E-state index is -0.171. The predicted molar refractivity (Wildman–Crippen MR) is 88.3 cm³/mol. The van der Waals surface area contributed by atoms with E-state index in [1.165, 1.54) is 12.4 Å². The summed E-state index contributed by atoms with van der Waals surface area (Å²) in [4.78, 5) is 20.2. The zero-order valence-electron chi connectivity index (χ0n) is 13.2. The molecule has 23 heavy (non-hydrogen) atoms. The molecule has 1 aromatic heterocycles. The summed E-state index contributed by atoms with van der Waals surface area (Å²) >= 11 is 0. The second-order valence-electron chi connectivity index (χ2n) is 5.55. The maximum Gasteiger partial charge on any atom is 0.254 e. The second-order valence-corrected chi connectivity index (χ2v) is 5.55. The summed E-state index contributed by atoms with van der Waals surface area (Å²) in [7, 11) is 0. The number of amides is 1. The van der Waals surface area contributed by atoms with Gasteiger partial charge < -0.3 is 10.6 Å². The van der Waals surface area contributed by atoms with Gasteiger partial charge in [-0.05, 0) is 36.6 Å². The fourth-order valence-corrected chi connectivity index (χ4v) is 1.84. The number of carbonyl (C=O) groups is 1. The standard InChI is InChI=1S/C17H19N5O/c1-12(2)7-8-19-16(23)14-10-20-17(21-11-14)22-15-5-3-13(9-18)4-6-15/h3-6,10-12H,7-8H2,1-2H3,(H,19,23)(H,20,21,22). The number of nitriles is 1. The maximum absolute atomic E-state index is 11.9. The van der Waals surface area contributed by atoms with E-state index in [0.717, 1.165) is 12.1 Å². The Morgan fingerprint density at radius 3 is 2.43 bits per heavy atom. The van der Waals surface area contributed by atoms with Crippen molar-refractivity contribution in [2.24, 2.45) is 5.92 Å². The number of aromatic nitrogens is 2. The van der Waals surface area contributed by atoms with Crippen LogP contribution in [-0.4, -0.2) is 22.4 Å². The average Bonchev–Trinajstić information content (AvgIpc) is 2.56. The first kappa shape index (κ1) is 16.4. The van der Waals surface area contributed by atoms with Gasteiger partial charge in [-0.25, -0.2) is 9.97 Å². The number of carbonyl (C=O) groups excluding carboxylic acids is 1. The third-order valence-corrected chi connectivity index (χ3v) is 3.19. The normalized spacial score (nSPS) is 10.2. The van der Waals surface area contributed by atoms with Gasteiger partial charge in [-0.15, -0.1) is 0 Å². The van der Waals surface area contributed by atoms with Crippen LogP contribution in [0.15, 0.2) is 36.7 Å². The molecule has 0 atom stereocenters. The Kier molecular flexibility index (Phi) is 5.64. The SMILES string of the molecule is CC(C)CCNC(=O)c1cnc(Nc2ccc(C#N)cc2)nc1. The van der Waals surface area contributed by atoms with Crippen LogP contribution >= 0.6 is 0 Å². The number of rotatable bonds is 6. The van der Waals surface area contributed by atoms with E-state index in [-0.39, 0.29) is 5.91 Å². The Balaban J connectivity index is 1.93. The summed E-state index contributed by atoms with van der Waals surface area (Å²) < 4.78 is 0. The van der Waals surface area contributed by atoms with Gasteiger partial charge in [0.1, 0.15) is 0 Å². The van der Waals surface area contributed by atoms with E-state index < -0.39 is 0 Å². The van der Waals surface area contributed by atoms with Crippen molar-refractivity contribution in [3.05, 3.63) is 47.8 Å². The average molecular weight is 309 g/mol. The van der Waals surface area contributed by atoms with Gasteiger partial charge in [0.25, 0.3) is 5.91 Å². The zero-order valence-corrected chi connectivity index (χ0v) is 13.2. The van der Waals surface area contributed by atoms with E-state index in [4.69, 9.17) is 5.26 Å². The molecule has 0 saturated heterocycles. The summed E-state index contributed by atoms with van der Waals surface area (Å²) in [6.45, 7) is 4.86. The van der Waals surface area contributed by atoms with Gasteiger partial charge in [-0.3, -0.25) is 4.79 Å². The van der Waals surface area contributed by atoms with Crippen LogP contribution in [0.25, 0.3) is 0 Å². The molecule has 0 fully saturated rings. The lowest BCUT2D eigenvalue weighted by molar-refractivity contribution is 0.0951. The highest BCUT2D eigenvalue weighted by atomic mass is 16.1. The summed E-state index contributed by atoms with van der Waals surface area (Å²) in [5.74, 6) is 0.773. The third kappa shape index (κ3) is 5.08. The quantitative estimate of drug-likeness (QED) is 0.856. The van der Waals surface area contributed by atoms with Crippen LogP contribution < -0.4 is 10.6 Å². The van der Waals surface area contributed by atoms with Gasteiger partial charge in [0.2, 0.25) is 5.95 Å². The van der Waals surface area contributed by atoms with Crippen LogP contribution in [0.5, 0.6) is 0 Å². The number of nitrogens with zero attached hydrogens (tertiary/aromatic N) is 3. The zero-order chi connectivity index (χ0) is 16.7. The lowest BCUT2D eigenvalue weighted by Gasteiger charge is -2.08. The Hall–Kier alpha value is -2.94. The molecule has 6 heteroatoms. The van der Waals surface area contributed by atoms with Crippen molar-refractivity contribution in [3.8, 4) is 6.07 Å². The van der Waals surface area contributed by atoms with E-state index in [2.05, 4.69) is 40.5 Å². The van der Waals surface area contributed by atoms with Crippen molar-refractivity contribution in [2.75, 3.05) is 11.9 Å². The van der Waals surface area contributed by atoms with Crippen molar-refractivity contribution in [2.45, 2.75) is 20.3 Å². The van der Waals surface area contributed by atoms with Crippen molar-refractivity contribution in [1.29, 1.82) is 5.26 Å². The predicted octanol–water partition coefficient (Wildman–Crippen LogP) is 2.87. The smallest absolute Gasteiger partial charge is 0.254 e. The molecule has 6 nitrogen and oxygen atoms in total. The second kappa shape index (κ2) is 7.90. The van der Waals surface area contributed by atoms with E-state index in [9.17, 15) is 4.79 Å². The Morgan fingerprint density at radius 2 is 1.87 bits per heavy atom. The molecular weight excluding hydrogens is 290 g/mol. The summed E-state index contributed by atoms with van der Waals surface area (Å²) in [5, 5.41) is 14.6. The van der Waals surface area contributed by atoms with Crippen molar-refractivity contribution in [3.63, 3.8) is 0 Å². The van der Waals surface area contributed by atoms with Crippen molar-refractivity contribution < 1.29 is 4.79 Å². The molecule has 0 aliphatic rings. The number of nitrogens with one attached hydrogen (secondary N) is 2. The van der Waals surface area contributed by atoms with E-state index >= 15 is 0 Å². The number of hydrogen-bond donors (Lipinski definition) is 2. The molecule has 2 N–H and O–H groups in total. The molecule has 0 spiro atoms. The van der Waals surface area contributed by atoms with E-state index in [0.29, 0.717) is 29.5 Å². The molecule has 2 aromatic rings. The third-order valence-electron chi connectivity index (χ3n) is 3.19. The van der Waals surface area contributed by atoms with Crippen molar-refractivity contribution >= 4 is 17.5 Å². The minimum Gasteiger partial charge on any atom is -0.352 e. The van der Waals surface area contributed by atoms with Crippen LogP contribution in [0.2, 0.25) is 0 Å². The monoisotopic (exact) mass is 309 g/mol. The number of benzene rings is 1. The summed E-state index contributed by atoms with van der Waals surface area (Å²) in [5.41, 5.74) is 1.79. The van der Waals surface area contributed by atoms with E-state index in [1.54, 1.807) is 24.3 Å². The van der Waals surface area contributed by atoms with Crippen LogP contribution in [0.3, 0.4) is 0 Å². The molecular formula is C17H19N5O. The molecule has 1 aromatic carbocycles. The van der Waals surface area contributed by atoms with Crippen LogP contribution in [0.1, 0.15) is 36.2 Å². The topological polar surface area (TPSA) is 90.7 Å². The van der Waals surface area contributed by atoms with Gasteiger partial charge >= 0.3 is 0 Å². The highest BCUT2D eigenvalue weighted by molar-refractivity contribution is 5.93. The number of anilines is 2. The van der Waals surface area contributed by atoms with Gasteiger partial charge in [0.15, 0.2) is 0 Å². The Labute approximate surface area is 135 Å². The molecule has 0 saturated carbocycles. The largest absolute Gasteiger partial charge is 0.352 e. The van der Waals surface area contributed by atoms with Crippen LogP contribution in [0.4, 0.5) is 11.6 Å². The van der Waals surface area contributed by atoms with Gasteiger partial charge in [-0.2, -0.15) is 5.26 Å². The molecule has 0 bridgehead atoms. The minimum absolute atomic E-state index is 0.171. The first-order valence-corrected chi connectivity index (χ1v) is 7.46. The fourth-order valence-electron chi connectivity index (χ4n) is 1.84.